The van der Waals surface area contributed by atoms with E-state index in [1.54, 1.807) is 0 Å². The molecule has 0 heterocycles. The number of hydrogen-bond acceptors (Lipinski definition) is 3. The van der Waals surface area contributed by atoms with Crippen LogP contribution in [0.15, 0.2) is 18.2 Å². The van der Waals surface area contributed by atoms with E-state index in [-0.39, 0.29) is 0 Å². The second-order valence-corrected chi connectivity index (χ2v) is 7.35. The monoisotopic (exact) mass is 321 g/mol. The van der Waals surface area contributed by atoms with E-state index >= 15 is 0 Å². The molecular weight excluding hydrogens is 286 g/mol. The standard InChI is InChI=1S/C20H35NO2/c1-16(2)14-18-8-7-9-20(19(18)15-17(3)4)23-13-12-22-11-10-21(5)6/h7-9,16-17H,10-15H2,1-6H3. The van der Waals surface area contributed by atoms with Crippen molar-refractivity contribution in [1.29, 1.82) is 0 Å². The largest absolute Gasteiger partial charge is 0.491 e. The zero-order valence-corrected chi connectivity index (χ0v) is 15.9. The van der Waals surface area contributed by atoms with Crippen LogP contribution in [0.3, 0.4) is 0 Å². The number of benzene rings is 1. The first-order chi connectivity index (χ1) is 10.9. The minimum atomic E-state index is 0.615. The van der Waals surface area contributed by atoms with E-state index in [1.165, 1.54) is 11.1 Å². The predicted molar refractivity (Wildman–Crippen MR) is 98.4 cm³/mol. The van der Waals surface area contributed by atoms with E-state index in [9.17, 15) is 0 Å². The maximum atomic E-state index is 6.03. The van der Waals surface area contributed by atoms with E-state index in [4.69, 9.17) is 9.47 Å². The van der Waals surface area contributed by atoms with E-state index in [2.05, 4.69) is 64.9 Å². The Labute approximate surface area is 143 Å². The van der Waals surface area contributed by atoms with Gasteiger partial charge in [-0.3, -0.25) is 0 Å². The highest BCUT2D eigenvalue weighted by molar-refractivity contribution is 5.41. The first-order valence-corrected chi connectivity index (χ1v) is 8.86. The van der Waals surface area contributed by atoms with E-state index in [0.717, 1.165) is 31.7 Å². The molecule has 132 valence electrons. The average Bonchev–Trinajstić information content (AvgIpc) is 2.44. The van der Waals surface area contributed by atoms with Crippen LogP contribution in [0.2, 0.25) is 0 Å². The zero-order chi connectivity index (χ0) is 17.2. The van der Waals surface area contributed by atoms with Gasteiger partial charge in [0, 0.05) is 6.54 Å². The van der Waals surface area contributed by atoms with Gasteiger partial charge in [0.2, 0.25) is 0 Å². The molecule has 0 atom stereocenters. The molecule has 3 nitrogen and oxygen atoms in total. The fourth-order valence-electron chi connectivity index (χ4n) is 2.58. The quantitative estimate of drug-likeness (QED) is 0.574. The summed E-state index contributed by atoms with van der Waals surface area (Å²) in [6, 6.07) is 6.46. The van der Waals surface area contributed by atoms with Crippen molar-refractivity contribution >= 4 is 0 Å². The lowest BCUT2D eigenvalue weighted by Crippen LogP contribution is -2.19. The molecule has 0 aliphatic heterocycles. The van der Waals surface area contributed by atoms with Gasteiger partial charge in [-0.1, -0.05) is 39.8 Å². The molecule has 1 aromatic rings. The molecule has 1 aromatic carbocycles. The van der Waals surface area contributed by atoms with Crippen LogP contribution in [-0.2, 0) is 17.6 Å². The van der Waals surface area contributed by atoms with Crippen molar-refractivity contribution < 1.29 is 9.47 Å². The van der Waals surface area contributed by atoms with Crippen LogP contribution >= 0.6 is 0 Å². The Hall–Kier alpha value is -1.06. The Morgan fingerprint density at radius 3 is 2.22 bits per heavy atom. The minimum absolute atomic E-state index is 0.615. The van der Waals surface area contributed by atoms with Gasteiger partial charge in [-0.15, -0.1) is 0 Å². The van der Waals surface area contributed by atoms with Gasteiger partial charge in [0.05, 0.1) is 13.2 Å². The Kier molecular flexibility index (Phi) is 9.27. The summed E-state index contributed by atoms with van der Waals surface area (Å²) >= 11 is 0. The number of rotatable bonds is 11. The molecule has 0 unspecified atom stereocenters. The molecule has 23 heavy (non-hydrogen) atoms. The molecule has 0 saturated carbocycles. The highest BCUT2D eigenvalue weighted by Crippen LogP contribution is 2.27. The molecule has 0 bridgehead atoms. The molecule has 0 spiro atoms. The Morgan fingerprint density at radius 2 is 1.61 bits per heavy atom. The zero-order valence-electron chi connectivity index (χ0n) is 15.9. The van der Waals surface area contributed by atoms with Gasteiger partial charge in [0.1, 0.15) is 12.4 Å². The molecule has 0 N–H and O–H groups in total. The fraction of sp³-hybridized carbons (Fsp3) is 0.700. The number of nitrogens with zero attached hydrogens (tertiary/aromatic N) is 1. The number of hydrogen-bond donors (Lipinski definition) is 0. The van der Waals surface area contributed by atoms with Gasteiger partial charge in [-0.05, 0) is 56.0 Å². The summed E-state index contributed by atoms with van der Waals surface area (Å²) < 4.78 is 11.6. The van der Waals surface area contributed by atoms with Gasteiger partial charge in [0.15, 0.2) is 0 Å². The molecular formula is C20H35NO2. The summed E-state index contributed by atoms with van der Waals surface area (Å²) in [5.41, 5.74) is 2.81. The van der Waals surface area contributed by atoms with Crippen molar-refractivity contribution in [2.75, 3.05) is 40.5 Å². The molecule has 0 radical (unpaired) electrons. The topological polar surface area (TPSA) is 21.7 Å². The maximum Gasteiger partial charge on any atom is 0.122 e. The molecule has 0 aliphatic rings. The van der Waals surface area contributed by atoms with Crippen LogP contribution in [0.1, 0.15) is 38.8 Å². The van der Waals surface area contributed by atoms with Gasteiger partial charge in [-0.2, -0.15) is 0 Å². The first kappa shape index (κ1) is 20.0. The van der Waals surface area contributed by atoms with Crippen molar-refractivity contribution in [2.45, 2.75) is 40.5 Å². The van der Waals surface area contributed by atoms with E-state index < -0.39 is 0 Å². The van der Waals surface area contributed by atoms with E-state index in [1.807, 2.05) is 0 Å². The molecule has 0 amide bonds. The molecule has 3 heteroatoms. The second kappa shape index (κ2) is 10.7. The smallest absolute Gasteiger partial charge is 0.122 e. The van der Waals surface area contributed by atoms with Crippen LogP contribution < -0.4 is 4.74 Å². The SMILES string of the molecule is CC(C)Cc1cccc(OCCOCCN(C)C)c1CC(C)C. The second-order valence-electron chi connectivity index (χ2n) is 7.35. The predicted octanol–water partition coefficient (Wildman–Crippen LogP) is 4.04. The summed E-state index contributed by atoms with van der Waals surface area (Å²) in [5.74, 6) is 2.32. The Morgan fingerprint density at radius 1 is 0.913 bits per heavy atom. The summed E-state index contributed by atoms with van der Waals surface area (Å²) in [4.78, 5) is 2.12. The highest BCUT2D eigenvalue weighted by atomic mass is 16.5. The lowest BCUT2D eigenvalue weighted by atomic mass is 9.92. The summed E-state index contributed by atoms with van der Waals surface area (Å²) in [7, 11) is 4.11. The third kappa shape index (κ3) is 8.38. The van der Waals surface area contributed by atoms with Crippen molar-refractivity contribution in [3.8, 4) is 5.75 Å². The molecule has 0 aromatic heterocycles. The third-order valence-electron chi connectivity index (χ3n) is 3.64. The number of ether oxygens (including phenoxy) is 2. The normalized spacial score (nSPS) is 11.7. The van der Waals surface area contributed by atoms with Gasteiger partial charge >= 0.3 is 0 Å². The Balaban J connectivity index is 2.61. The van der Waals surface area contributed by atoms with Crippen molar-refractivity contribution in [1.82, 2.24) is 4.90 Å². The molecule has 0 fully saturated rings. The molecule has 1 rings (SSSR count). The van der Waals surface area contributed by atoms with Crippen LogP contribution in [-0.4, -0.2) is 45.4 Å². The summed E-state index contributed by atoms with van der Waals surface area (Å²) in [5, 5.41) is 0. The van der Waals surface area contributed by atoms with Crippen LogP contribution in [0.4, 0.5) is 0 Å². The summed E-state index contributed by atoms with van der Waals surface area (Å²) in [6.07, 6.45) is 2.18. The minimum Gasteiger partial charge on any atom is -0.491 e. The summed E-state index contributed by atoms with van der Waals surface area (Å²) in [6.45, 7) is 12.0. The van der Waals surface area contributed by atoms with Gasteiger partial charge in [0.25, 0.3) is 0 Å². The van der Waals surface area contributed by atoms with Crippen molar-refractivity contribution in [3.05, 3.63) is 29.3 Å². The van der Waals surface area contributed by atoms with Crippen LogP contribution in [0, 0.1) is 11.8 Å². The van der Waals surface area contributed by atoms with Crippen molar-refractivity contribution in [3.63, 3.8) is 0 Å². The van der Waals surface area contributed by atoms with Gasteiger partial charge in [-0.25, -0.2) is 0 Å². The lowest BCUT2D eigenvalue weighted by molar-refractivity contribution is 0.0886. The third-order valence-corrected chi connectivity index (χ3v) is 3.64. The fourth-order valence-corrected chi connectivity index (χ4v) is 2.58. The van der Waals surface area contributed by atoms with Crippen LogP contribution in [0.25, 0.3) is 0 Å². The lowest BCUT2D eigenvalue weighted by Gasteiger charge is -2.18. The first-order valence-electron chi connectivity index (χ1n) is 8.86. The van der Waals surface area contributed by atoms with Crippen LogP contribution in [0.5, 0.6) is 5.75 Å². The Bertz CT molecular complexity index is 441. The average molecular weight is 322 g/mol. The van der Waals surface area contributed by atoms with Gasteiger partial charge < -0.3 is 14.4 Å². The highest BCUT2D eigenvalue weighted by Gasteiger charge is 2.12. The maximum absolute atomic E-state index is 6.03. The van der Waals surface area contributed by atoms with Crippen molar-refractivity contribution in [2.24, 2.45) is 11.8 Å². The molecule has 0 saturated heterocycles. The molecule has 0 aliphatic carbocycles. The van der Waals surface area contributed by atoms with E-state index in [0.29, 0.717) is 25.0 Å². The number of likely N-dealkylation sites (N-methyl/N-ethyl adjacent to an activating group) is 1.